The van der Waals surface area contributed by atoms with E-state index >= 15 is 0 Å². The Kier molecular flexibility index (Phi) is 5.28. The van der Waals surface area contributed by atoms with Gasteiger partial charge in [0, 0.05) is 18.7 Å². The molecule has 1 unspecified atom stereocenters. The maximum Gasteiger partial charge on any atom is 0.274 e. The molecular formula is C17H18N4O5. The van der Waals surface area contributed by atoms with Crippen molar-refractivity contribution < 1.29 is 23.3 Å². The summed E-state index contributed by atoms with van der Waals surface area (Å²) < 4.78 is 20.4. The van der Waals surface area contributed by atoms with E-state index in [2.05, 4.69) is 20.6 Å². The normalized spacial score (nSPS) is 12.0. The predicted molar refractivity (Wildman–Crippen MR) is 89.4 cm³/mol. The van der Waals surface area contributed by atoms with Crippen molar-refractivity contribution >= 4 is 5.91 Å². The highest BCUT2D eigenvalue weighted by molar-refractivity contribution is 5.93. The monoisotopic (exact) mass is 358 g/mol. The Morgan fingerprint density at radius 3 is 2.65 bits per heavy atom. The van der Waals surface area contributed by atoms with Crippen LogP contribution in [0.2, 0.25) is 0 Å². The number of amides is 1. The van der Waals surface area contributed by atoms with Crippen LogP contribution in [0.15, 0.2) is 39.4 Å². The molecule has 3 rings (SSSR count). The Morgan fingerprint density at radius 2 is 1.96 bits per heavy atom. The molecule has 0 aliphatic carbocycles. The minimum atomic E-state index is -0.484. The van der Waals surface area contributed by atoms with Gasteiger partial charge in [0.2, 0.25) is 5.89 Å². The molecule has 0 spiro atoms. The Balaban J connectivity index is 1.66. The number of rotatable bonds is 7. The van der Waals surface area contributed by atoms with Crippen LogP contribution in [-0.2, 0) is 11.3 Å². The van der Waals surface area contributed by atoms with Crippen LogP contribution in [0.1, 0.15) is 35.2 Å². The first-order valence-corrected chi connectivity index (χ1v) is 7.84. The summed E-state index contributed by atoms with van der Waals surface area (Å²) in [5.41, 5.74) is 0.936. The maximum absolute atomic E-state index is 12.3. The van der Waals surface area contributed by atoms with Gasteiger partial charge in [-0.05, 0) is 31.2 Å². The number of aromatic nitrogens is 3. The number of methoxy groups -OCH3 is 2. The Labute approximate surface area is 149 Å². The number of carbonyl (C=O) groups excluding carboxylic acids is 1. The van der Waals surface area contributed by atoms with Gasteiger partial charge < -0.3 is 23.8 Å². The summed E-state index contributed by atoms with van der Waals surface area (Å²) in [5.74, 6) is 1.49. The Hall–Kier alpha value is -3.20. The lowest BCUT2D eigenvalue weighted by molar-refractivity contribution is 0.0923. The first kappa shape index (κ1) is 17.6. The predicted octanol–water partition coefficient (Wildman–Crippen LogP) is 2.37. The largest absolute Gasteiger partial charge is 0.497 e. The molecule has 0 fully saturated rings. The zero-order valence-corrected chi connectivity index (χ0v) is 14.6. The molecule has 1 atom stereocenters. The minimum Gasteiger partial charge on any atom is -0.497 e. The van der Waals surface area contributed by atoms with E-state index in [1.54, 1.807) is 32.2 Å². The number of carbonyl (C=O) groups is 1. The number of ether oxygens (including phenoxy) is 2. The molecule has 2 heterocycles. The van der Waals surface area contributed by atoms with Crippen molar-refractivity contribution in [3.05, 3.63) is 47.7 Å². The molecule has 0 saturated heterocycles. The molecule has 0 aliphatic rings. The van der Waals surface area contributed by atoms with Gasteiger partial charge >= 0.3 is 0 Å². The van der Waals surface area contributed by atoms with Crippen LogP contribution in [0.25, 0.3) is 11.3 Å². The van der Waals surface area contributed by atoms with Gasteiger partial charge in [-0.25, -0.2) is 0 Å². The molecule has 9 nitrogen and oxygen atoms in total. The lowest BCUT2D eigenvalue weighted by atomic mass is 10.1. The molecule has 3 aromatic rings. The van der Waals surface area contributed by atoms with Crippen molar-refractivity contribution in [3.63, 3.8) is 0 Å². The third-order valence-corrected chi connectivity index (χ3v) is 3.59. The van der Waals surface area contributed by atoms with E-state index in [-0.39, 0.29) is 18.2 Å². The fourth-order valence-electron chi connectivity index (χ4n) is 2.24. The fourth-order valence-corrected chi connectivity index (χ4v) is 2.24. The summed E-state index contributed by atoms with van der Waals surface area (Å²) in [5, 5.41) is 10.3. The first-order valence-electron chi connectivity index (χ1n) is 7.84. The van der Waals surface area contributed by atoms with Crippen molar-refractivity contribution in [1.29, 1.82) is 0 Å². The average Bonchev–Trinajstić information content (AvgIpc) is 3.32. The van der Waals surface area contributed by atoms with Crippen LogP contribution < -0.4 is 10.1 Å². The van der Waals surface area contributed by atoms with E-state index in [4.69, 9.17) is 18.5 Å². The Morgan fingerprint density at radius 1 is 1.19 bits per heavy atom. The van der Waals surface area contributed by atoms with E-state index in [9.17, 15) is 4.79 Å². The van der Waals surface area contributed by atoms with E-state index in [1.165, 1.54) is 7.11 Å². The molecule has 0 aliphatic heterocycles. The molecule has 136 valence electrons. The quantitative estimate of drug-likeness (QED) is 0.685. The molecule has 0 bridgehead atoms. The summed E-state index contributed by atoms with van der Waals surface area (Å²) in [4.78, 5) is 16.5. The van der Waals surface area contributed by atoms with Gasteiger partial charge in [-0.3, -0.25) is 4.79 Å². The second-order valence-corrected chi connectivity index (χ2v) is 5.48. The molecule has 9 heteroatoms. The van der Waals surface area contributed by atoms with Gasteiger partial charge in [0.05, 0.1) is 7.11 Å². The number of nitrogens with zero attached hydrogens (tertiary/aromatic N) is 3. The van der Waals surface area contributed by atoms with Gasteiger partial charge in [0.15, 0.2) is 17.3 Å². The molecule has 2 aromatic heterocycles. The van der Waals surface area contributed by atoms with Crippen LogP contribution in [0.4, 0.5) is 0 Å². The minimum absolute atomic E-state index is 0.152. The third-order valence-electron chi connectivity index (χ3n) is 3.59. The summed E-state index contributed by atoms with van der Waals surface area (Å²) in [7, 11) is 3.13. The number of hydrogen-bond donors (Lipinski definition) is 1. The SMILES string of the molecule is COCc1noc(C(C)NC(=O)c2cc(-c3ccc(OC)cc3)on2)n1. The molecule has 1 amide bonds. The lowest BCUT2D eigenvalue weighted by Crippen LogP contribution is -2.27. The third kappa shape index (κ3) is 3.89. The topological polar surface area (TPSA) is 113 Å². The summed E-state index contributed by atoms with van der Waals surface area (Å²) in [6.45, 7) is 1.96. The van der Waals surface area contributed by atoms with Gasteiger partial charge in [-0.15, -0.1) is 0 Å². The highest BCUT2D eigenvalue weighted by Gasteiger charge is 2.20. The van der Waals surface area contributed by atoms with Crippen LogP contribution in [-0.4, -0.2) is 35.4 Å². The molecular weight excluding hydrogens is 340 g/mol. The van der Waals surface area contributed by atoms with E-state index in [1.807, 2.05) is 12.1 Å². The molecule has 1 aromatic carbocycles. The van der Waals surface area contributed by atoms with E-state index < -0.39 is 11.9 Å². The zero-order chi connectivity index (χ0) is 18.5. The Bertz CT molecular complexity index is 871. The van der Waals surface area contributed by atoms with E-state index in [0.717, 1.165) is 11.3 Å². The van der Waals surface area contributed by atoms with Crippen molar-refractivity contribution in [2.75, 3.05) is 14.2 Å². The van der Waals surface area contributed by atoms with Gasteiger partial charge in [-0.2, -0.15) is 4.98 Å². The standard InChI is InChI=1S/C17H18N4O5/c1-10(17-19-15(9-23-2)21-26-17)18-16(22)13-8-14(25-20-13)11-4-6-12(24-3)7-5-11/h4-8,10H,9H2,1-3H3,(H,18,22). The second-order valence-electron chi connectivity index (χ2n) is 5.48. The molecule has 1 N–H and O–H groups in total. The van der Waals surface area contributed by atoms with Crippen molar-refractivity contribution in [2.45, 2.75) is 19.6 Å². The average molecular weight is 358 g/mol. The number of nitrogens with one attached hydrogen (secondary N) is 1. The molecule has 0 saturated carbocycles. The van der Waals surface area contributed by atoms with Gasteiger partial charge in [0.1, 0.15) is 18.4 Å². The van der Waals surface area contributed by atoms with E-state index in [0.29, 0.717) is 11.6 Å². The summed E-state index contributed by atoms with van der Waals surface area (Å²) in [6, 6.07) is 8.31. The lowest BCUT2D eigenvalue weighted by Gasteiger charge is -2.07. The highest BCUT2D eigenvalue weighted by atomic mass is 16.5. The summed E-state index contributed by atoms with van der Waals surface area (Å²) in [6.07, 6.45) is 0. The van der Waals surface area contributed by atoms with Crippen LogP contribution in [0.5, 0.6) is 5.75 Å². The second kappa shape index (κ2) is 7.79. The number of benzene rings is 1. The van der Waals surface area contributed by atoms with Crippen LogP contribution >= 0.6 is 0 Å². The van der Waals surface area contributed by atoms with Gasteiger partial charge in [0.25, 0.3) is 5.91 Å². The molecule has 0 radical (unpaired) electrons. The molecule has 26 heavy (non-hydrogen) atoms. The summed E-state index contributed by atoms with van der Waals surface area (Å²) >= 11 is 0. The van der Waals surface area contributed by atoms with Crippen LogP contribution in [0, 0.1) is 0 Å². The van der Waals surface area contributed by atoms with Crippen molar-refractivity contribution in [2.24, 2.45) is 0 Å². The number of hydrogen-bond acceptors (Lipinski definition) is 8. The smallest absolute Gasteiger partial charge is 0.274 e. The van der Waals surface area contributed by atoms with Crippen molar-refractivity contribution in [3.8, 4) is 17.1 Å². The maximum atomic E-state index is 12.3. The zero-order valence-electron chi connectivity index (χ0n) is 14.6. The van der Waals surface area contributed by atoms with Crippen LogP contribution in [0.3, 0.4) is 0 Å². The van der Waals surface area contributed by atoms with Crippen molar-refractivity contribution in [1.82, 2.24) is 20.6 Å². The highest BCUT2D eigenvalue weighted by Crippen LogP contribution is 2.23. The fraction of sp³-hybridized carbons (Fsp3) is 0.294. The van der Waals surface area contributed by atoms with Gasteiger partial charge in [-0.1, -0.05) is 10.3 Å². The first-order chi connectivity index (χ1) is 12.6.